The van der Waals surface area contributed by atoms with Crippen LogP contribution < -0.4 is 5.73 Å². The summed E-state index contributed by atoms with van der Waals surface area (Å²) in [5.41, 5.74) is 6.06. The van der Waals surface area contributed by atoms with E-state index in [1.165, 1.54) is 12.1 Å². The van der Waals surface area contributed by atoms with Crippen molar-refractivity contribution in [3.8, 4) is 0 Å². The van der Waals surface area contributed by atoms with E-state index in [1.807, 2.05) is 0 Å². The van der Waals surface area contributed by atoms with E-state index in [4.69, 9.17) is 5.73 Å². The fourth-order valence-electron chi connectivity index (χ4n) is 3.08. The molecule has 2 rings (SSSR count). The van der Waals surface area contributed by atoms with E-state index in [-0.39, 0.29) is 17.9 Å². The standard InChI is InChI=1S/C15H20BrF2N/c1-9-3-4-10(2)15(19,7-9)8-11-13(17)6-5-12(16)14(11)18/h5-6,9-10H,3-4,7-8,19H2,1-2H3. The lowest BCUT2D eigenvalue weighted by Crippen LogP contribution is -2.52. The van der Waals surface area contributed by atoms with Crippen molar-refractivity contribution in [2.24, 2.45) is 17.6 Å². The number of rotatable bonds is 2. The first-order chi connectivity index (χ1) is 8.83. The Morgan fingerprint density at radius 3 is 2.68 bits per heavy atom. The van der Waals surface area contributed by atoms with Gasteiger partial charge >= 0.3 is 0 Å². The zero-order chi connectivity index (χ0) is 14.2. The fraction of sp³-hybridized carbons (Fsp3) is 0.600. The highest BCUT2D eigenvalue weighted by Crippen LogP contribution is 2.38. The van der Waals surface area contributed by atoms with Gasteiger partial charge in [-0.15, -0.1) is 0 Å². The Kier molecular flexibility index (Phi) is 4.31. The van der Waals surface area contributed by atoms with Crippen molar-refractivity contribution >= 4 is 15.9 Å². The first-order valence-corrected chi connectivity index (χ1v) is 7.54. The molecule has 2 N–H and O–H groups in total. The number of nitrogens with two attached hydrogens (primary N) is 1. The van der Waals surface area contributed by atoms with Gasteiger partial charge in [-0.3, -0.25) is 0 Å². The summed E-state index contributed by atoms with van der Waals surface area (Å²) in [7, 11) is 0. The van der Waals surface area contributed by atoms with E-state index < -0.39 is 17.2 Å². The summed E-state index contributed by atoms with van der Waals surface area (Å²) in [6.07, 6.45) is 3.24. The maximum atomic E-state index is 14.1. The zero-order valence-electron chi connectivity index (χ0n) is 11.3. The van der Waals surface area contributed by atoms with E-state index in [9.17, 15) is 8.78 Å². The van der Waals surface area contributed by atoms with Crippen LogP contribution in [-0.2, 0) is 6.42 Å². The highest BCUT2D eigenvalue weighted by Gasteiger charge is 2.38. The lowest BCUT2D eigenvalue weighted by Gasteiger charge is -2.42. The molecule has 1 aliphatic carbocycles. The Morgan fingerprint density at radius 1 is 1.32 bits per heavy atom. The summed E-state index contributed by atoms with van der Waals surface area (Å²) in [6.45, 7) is 4.24. The van der Waals surface area contributed by atoms with Crippen LogP contribution >= 0.6 is 15.9 Å². The molecule has 1 fully saturated rings. The number of hydrogen-bond acceptors (Lipinski definition) is 1. The molecule has 3 atom stereocenters. The van der Waals surface area contributed by atoms with Crippen LogP contribution in [0.1, 0.15) is 38.7 Å². The highest BCUT2D eigenvalue weighted by atomic mass is 79.9. The van der Waals surface area contributed by atoms with Gasteiger partial charge < -0.3 is 5.73 Å². The second-order valence-electron chi connectivity index (χ2n) is 6.02. The number of hydrogen-bond donors (Lipinski definition) is 1. The van der Waals surface area contributed by atoms with Crippen LogP contribution in [0.5, 0.6) is 0 Å². The van der Waals surface area contributed by atoms with Crippen molar-refractivity contribution in [1.82, 2.24) is 0 Å². The molecule has 0 spiro atoms. The van der Waals surface area contributed by atoms with Gasteiger partial charge in [0.1, 0.15) is 11.6 Å². The minimum atomic E-state index is -0.518. The van der Waals surface area contributed by atoms with Crippen LogP contribution in [0, 0.1) is 23.5 Å². The van der Waals surface area contributed by atoms with Crippen molar-refractivity contribution in [3.05, 3.63) is 33.8 Å². The molecule has 0 amide bonds. The smallest absolute Gasteiger partial charge is 0.143 e. The molecule has 0 radical (unpaired) electrons. The topological polar surface area (TPSA) is 26.0 Å². The summed E-state index contributed by atoms with van der Waals surface area (Å²) < 4.78 is 28.2. The lowest BCUT2D eigenvalue weighted by molar-refractivity contribution is 0.158. The van der Waals surface area contributed by atoms with Gasteiger partial charge in [-0.05, 0) is 59.2 Å². The molecule has 1 nitrogen and oxygen atoms in total. The van der Waals surface area contributed by atoms with Gasteiger partial charge in [0, 0.05) is 11.1 Å². The minimum Gasteiger partial charge on any atom is -0.325 e. The molecule has 0 bridgehead atoms. The Balaban J connectivity index is 2.32. The third kappa shape index (κ3) is 3.00. The maximum absolute atomic E-state index is 14.1. The summed E-state index contributed by atoms with van der Waals surface area (Å²) in [5, 5.41) is 0. The Labute approximate surface area is 121 Å². The molecule has 0 heterocycles. The van der Waals surface area contributed by atoms with Crippen molar-refractivity contribution in [2.75, 3.05) is 0 Å². The second kappa shape index (κ2) is 5.49. The van der Waals surface area contributed by atoms with E-state index in [0.29, 0.717) is 10.4 Å². The summed E-state index contributed by atoms with van der Waals surface area (Å²) >= 11 is 3.11. The molecule has 0 aliphatic heterocycles. The average molecular weight is 332 g/mol. The predicted molar refractivity (Wildman–Crippen MR) is 76.9 cm³/mol. The molecule has 4 heteroatoms. The first kappa shape index (κ1) is 14.9. The molecule has 106 valence electrons. The summed E-state index contributed by atoms with van der Waals surface area (Å²) in [5.74, 6) is -0.229. The predicted octanol–water partition coefficient (Wildman–Crippen LogP) is 4.42. The number of benzene rings is 1. The van der Waals surface area contributed by atoms with Crippen LogP contribution in [0.15, 0.2) is 16.6 Å². The van der Waals surface area contributed by atoms with Crippen LogP contribution in [0.2, 0.25) is 0 Å². The normalized spacial score (nSPS) is 31.5. The van der Waals surface area contributed by atoms with Gasteiger partial charge in [-0.25, -0.2) is 8.78 Å². The van der Waals surface area contributed by atoms with Gasteiger partial charge in [0.2, 0.25) is 0 Å². The third-order valence-corrected chi connectivity index (χ3v) is 5.06. The van der Waals surface area contributed by atoms with Gasteiger partial charge in [-0.2, -0.15) is 0 Å². The number of halogens is 3. The third-order valence-electron chi connectivity index (χ3n) is 4.45. The summed E-state index contributed by atoms with van der Waals surface area (Å²) in [4.78, 5) is 0. The van der Waals surface area contributed by atoms with Gasteiger partial charge in [0.05, 0.1) is 4.47 Å². The Morgan fingerprint density at radius 2 is 2.00 bits per heavy atom. The Bertz CT molecular complexity index is 477. The molecule has 19 heavy (non-hydrogen) atoms. The highest BCUT2D eigenvalue weighted by molar-refractivity contribution is 9.10. The molecule has 0 aromatic heterocycles. The van der Waals surface area contributed by atoms with Crippen LogP contribution in [-0.4, -0.2) is 5.54 Å². The van der Waals surface area contributed by atoms with Crippen molar-refractivity contribution in [2.45, 2.75) is 45.1 Å². The zero-order valence-corrected chi connectivity index (χ0v) is 12.9. The SMILES string of the molecule is CC1CCC(C)C(N)(Cc2c(F)ccc(Br)c2F)C1. The van der Waals surface area contributed by atoms with Crippen molar-refractivity contribution in [1.29, 1.82) is 0 Å². The first-order valence-electron chi connectivity index (χ1n) is 6.75. The second-order valence-corrected chi connectivity index (χ2v) is 6.87. The minimum absolute atomic E-state index is 0.109. The van der Waals surface area contributed by atoms with E-state index in [2.05, 4.69) is 29.8 Å². The van der Waals surface area contributed by atoms with E-state index >= 15 is 0 Å². The molecular formula is C15H20BrF2N. The maximum Gasteiger partial charge on any atom is 0.143 e. The molecule has 1 aliphatic rings. The summed E-state index contributed by atoms with van der Waals surface area (Å²) in [6, 6.07) is 2.69. The van der Waals surface area contributed by atoms with Crippen molar-refractivity contribution < 1.29 is 8.78 Å². The van der Waals surface area contributed by atoms with Crippen LogP contribution in [0.3, 0.4) is 0 Å². The van der Waals surface area contributed by atoms with Gasteiger partial charge in [-0.1, -0.05) is 20.3 Å². The molecule has 1 aromatic rings. The molecule has 1 aromatic carbocycles. The largest absolute Gasteiger partial charge is 0.325 e. The fourth-order valence-corrected chi connectivity index (χ4v) is 3.45. The Hall–Kier alpha value is -0.480. The molecular weight excluding hydrogens is 312 g/mol. The molecule has 0 saturated heterocycles. The van der Waals surface area contributed by atoms with E-state index in [1.54, 1.807) is 0 Å². The quantitative estimate of drug-likeness (QED) is 0.797. The molecule has 1 saturated carbocycles. The average Bonchev–Trinajstić information content (AvgIpc) is 2.35. The van der Waals surface area contributed by atoms with Crippen LogP contribution in [0.25, 0.3) is 0 Å². The van der Waals surface area contributed by atoms with Crippen molar-refractivity contribution in [3.63, 3.8) is 0 Å². The van der Waals surface area contributed by atoms with Gasteiger partial charge in [0.15, 0.2) is 0 Å². The van der Waals surface area contributed by atoms with Gasteiger partial charge in [0.25, 0.3) is 0 Å². The monoisotopic (exact) mass is 331 g/mol. The van der Waals surface area contributed by atoms with Crippen LogP contribution in [0.4, 0.5) is 8.78 Å². The van der Waals surface area contributed by atoms with E-state index in [0.717, 1.165) is 19.3 Å². The molecule has 3 unspecified atom stereocenters. The lowest BCUT2D eigenvalue weighted by atomic mass is 9.67.